The minimum absolute atomic E-state index is 0.00413. The number of carbonyl (C=O) groups excluding carboxylic acids is 1. The number of hydrogen-bond acceptors (Lipinski definition) is 6. The van der Waals surface area contributed by atoms with Crippen LogP contribution in [-0.2, 0) is 9.63 Å². The number of nitrogens with zero attached hydrogens (tertiary/aromatic N) is 3. The van der Waals surface area contributed by atoms with E-state index in [1.807, 2.05) is 12.1 Å². The molecule has 1 aromatic carbocycles. The fourth-order valence-corrected chi connectivity index (χ4v) is 4.41. The van der Waals surface area contributed by atoms with Crippen LogP contribution in [0.1, 0.15) is 38.2 Å². The van der Waals surface area contributed by atoms with Crippen LogP contribution in [-0.4, -0.2) is 52.1 Å². The summed E-state index contributed by atoms with van der Waals surface area (Å²) < 4.78 is 14.1. The van der Waals surface area contributed by atoms with Crippen LogP contribution in [0.3, 0.4) is 0 Å². The van der Waals surface area contributed by atoms with Crippen LogP contribution < -0.4 is 0 Å². The largest absolute Gasteiger partial charge is 0.389 e. The van der Waals surface area contributed by atoms with Gasteiger partial charge in [0.15, 0.2) is 6.10 Å². The number of aromatic nitrogens is 1. The molecule has 0 spiro atoms. The molecule has 0 bridgehead atoms. The second-order valence-corrected chi connectivity index (χ2v) is 8.45. The predicted octanol–water partition coefficient (Wildman–Crippen LogP) is 4.04. The molecular weight excluding hydrogens is 409 g/mol. The first-order chi connectivity index (χ1) is 15.3. The number of hydrogen-bond donors (Lipinski definition) is 2. The van der Waals surface area contributed by atoms with Crippen molar-refractivity contribution >= 4 is 23.0 Å². The molecule has 1 aliphatic carbocycles. The second-order valence-electron chi connectivity index (χ2n) is 8.45. The van der Waals surface area contributed by atoms with Gasteiger partial charge in [-0.05, 0) is 55.0 Å². The molecule has 2 aromatic rings. The molecule has 1 saturated carbocycles. The van der Waals surface area contributed by atoms with Crippen LogP contribution in [0.15, 0.2) is 47.9 Å². The zero-order valence-corrected chi connectivity index (χ0v) is 18.1. The van der Waals surface area contributed by atoms with Gasteiger partial charge in [-0.1, -0.05) is 17.3 Å². The average molecular weight is 436 g/mol. The van der Waals surface area contributed by atoms with Gasteiger partial charge < -0.3 is 20.6 Å². The highest BCUT2D eigenvalue weighted by Gasteiger charge is 2.36. The lowest BCUT2D eigenvalue weighted by atomic mass is 9.73. The number of amides is 1. The highest BCUT2D eigenvalue weighted by Crippen LogP contribution is 2.38. The smallest absolute Gasteiger partial charge is 0.219 e. The lowest BCUT2D eigenvalue weighted by molar-refractivity contribution is -0.142. The molecule has 1 aliphatic heterocycles. The van der Waals surface area contributed by atoms with Crippen LogP contribution in [0.2, 0.25) is 0 Å². The van der Waals surface area contributed by atoms with Crippen LogP contribution in [0.5, 0.6) is 0 Å². The molecule has 2 fully saturated rings. The van der Waals surface area contributed by atoms with Crippen LogP contribution in [0.25, 0.3) is 11.1 Å². The Kier molecular flexibility index (Phi) is 6.12. The summed E-state index contributed by atoms with van der Waals surface area (Å²) in [6.45, 7) is 4.18. The maximum absolute atomic E-state index is 14.1. The molecule has 32 heavy (non-hydrogen) atoms. The van der Waals surface area contributed by atoms with Crippen molar-refractivity contribution in [2.45, 2.75) is 38.7 Å². The van der Waals surface area contributed by atoms with Gasteiger partial charge in [-0.15, -0.1) is 0 Å². The molecule has 7 nitrogen and oxygen atoms in total. The standard InChI is InChI=1S/C24H26FN5O2/c1-14(26)24-22(27)8-17(9-23(24)29-32-19-12-30(13-19)15(2)31)20-6-5-18(25)10-21(20)16-4-3-7-28-11-16/h3-7,10-11,17,19,24,26-27H,8-9,12-13H2,1-2H3. The molecule has 1 saturated heterocycles. The quantitative estimate of drug-likeness (QED) is 0.547. The summed E-state index contributed by atoms with van der Waals surface area (Å²) in [5.74, 6) is -0.905. The van der Waals surface area contributed by atoms with Crippen molar-refractivity contribution in [2.24, 2.45) is 11.1 Å². The van der Waals surface area contributed by atoms with Gasteiger partial charge in [-0.2, -0.15) is 0 Å². The van der Waals surface area contributed by atoms with E-state index in [1.165, 1.54) is 19.1 Å². The Morgan fingerprint density at radius 3 is 2.69 bits per heavy atom. The molecule has 0 radical (unpaired) electrons. The Bertz CT molecular complexity index is 1080. The summed E-state index contributed by atoms with van der Waals surface area (Å²) in [7, 11) is 0. The maximum Gasteiger partial charge on any atom is 0.219 e. The highest BCUT2D eigenvalue weighted by atomic mass is 19.1. The first-order valence-electron chi connectivity index (χ1n) is 10.6. The minimum atomic E-state index is -0.488. The molecule has 1 amide bonds. The Balaban J connectivity index is 1.61. The van der Waals surface area contributed by atoms with Crippen molar-refractivity contribution in [3.63, 3.8) is 0 Å². The third-order valence-corrected chi connectivity index (χ3v) is 6.08. The van der Waals surface area contributed by atoms with Crippen LogP contribution >= 0.6 is 0 Å². The first kappa shape index (κ1) is 21.8. The second kappa shape index (κ2) is 8.98. The Morgan fingerprint density at radius 2 is 2.03 bits per heavy atom. The Labute approximate surface area is 186 Å². The van der Waals surface area contributed by atoms with E-state index < -0.39 is 5.92 Å². The minimum Gasteiger partial charge on any atom is -0.389 e. The number of carbonyl (C=O) groups is 1. The number of pyridine rings is 1. The molecule has 2 aliphatic rings. The lowest BCUT2D eigenvalue weighted by Crippen LogP contribution is -2.53. The Hall–Kier alpha value is -3.42. The van der Waals surface area contributed by atoms with Gasteiger partial charge in [0, 0.05) is 36.3 Å². The molecule has 1 aromatic heterocycles. The van der Waals surface area contributed by atoms with Gasteiger partial charge in [0.2, 0.25) is 5.91 Å². The van der Waals surface area contributed by atoms with Gasteiger partial charge in [-0.3, -0.25) is 9.78 Å². The zero-order chi connectivity index (χ0) is 22.8. The van der Waals surface area contributed by atoms with Crippen molar-refractivity contribution < 1.29 is 14.0 Å². The third kappa shape index (κ3) is 4.44. The number of rotatable bonds is 5. The van der Waals surface area contributed by atoms with E-state index in [-0.39, 0.29) is 23.7 Å². The van der Waals surface area contributed by atoms with E-state index in [4.69, 9.17) is 15.7 Å². The topological polar surface area (TPSA) is 102 Å². The molecular formula is C24H26FN5O2. The molecule has 2 unspecified atom stereocenters. The summed E-state index contributed by atoms with van der Waals surface area (Å²) in [6, 6.07) is 8.40. The Morgan fingerprint density at radius 1 is 1.25 bits per heavy atom. The van der Waals surface area contributed by atoms with E-state index in [0.717, 1.165) is 16.7 Å². The summed E-state index contributed by atoms with van der Waals surface area (Å²) in [4.78, 5) is 22.9. The van der Waals surface area contributed by atoms with Crippen molar-refractivity contribution in [1.82, 2.24) is 9.88 Å². The van der Waals surface area contributed by atoms with E-state index in [2.05, 4.69) is 10.1 Å². The van der Waals surface area contributed by atoms with E-state index in [9.17, 15) is 9.18 Å². The summed E-state index contributed by atoms with van der Waals surface area (Å²) >= 11 is 0. The first-order valence-corrected chi connectivity index (χ1v) is 10.6. The van der Waals surface area contributed by atoms with Gasteiger partial charge in [0.25, 0.3) is 0 Å². The normalized spacial score (nSPS) is 22.5. The fraction of sp³-hybridized carbons (Fsp3) is 0.375. The number of halogens is 1. The summed E-state index contributed by atoms with van der Waals surface area (Å²) in [5, 5.41) is 21.1. The van der Waals surface area contributed by atoms with Crippen LogP contribution in [0, 0.1) is 22.6 Å². The summed E-state index contributed by atoms with van der Waals surface area (Å²) in [6.07, 6.45) is 4.16. The SMILES string of the molecule is CC(=N)C1C(=N)CC(c2ccc(F)cc2-c2cccnc2)CC1=NOC1CN(C(C)=O)C1. The van der Waals surface area contributed by atoms with Crippen molar-refractivity contribution in [3.05, 3.63) is 54.1 Å². The van der Waals surface area contributed by atoms with Crippen molar-refractivity contribution in [1.29, 1.82) is 10.8 Å². The number of oxime groups is 1. The molecule has 4 rings (SSSR count). The average Bonchev–Trinajstić information content (AvgIpc) is 2.72. The number of benzene rings is 1. The predicted molar refractivity (Wildman–Crippen MR) is 121 cm³/mol. The molecule has 2 atom stereocenters. The van der Waals surface area contributed by atoms with Crippen LogP contribution in [0.4, 0.5) is 4.39 Å². The fourth-order valence-electron chi connectivity index (χ4n) is 4.41. The van der Waals surface area contributed by atoms with E-state index in [0.29, 0.717) is 43.1 Å². The molecule has 2 N–H and O–H groups in total. The third-order valence-electron chi connectivity index (χ3n) is 6.08. The van der Waals surface area contributed by atoms with Gasteiger partial charge >= 0.3 is 0 Å². The van der Waals surface area contributed by atoms with E-state index >= 15 is 0 Å². The molecule has 8 heteroatoms. The van der Waals surface area contributed by atoms with Gasteiger partial charge in [0.1, 0.15) is 5.82 Å². The number of nitrogens with one attached hydrogen (secondary N) is 2. The lowest BCUT2D eigenvalue weighted by Gasteiger charge is -2.37. The van der Waals surface area contributed by atoms with Gasteiger partial charge in [0.05, 0.1) is 24.7 Å². The molecule has 166 valence electrons. The summed E-state index contributed by atoms with van der Waals surface area (Å²) in [5.41, 5.74) is 3.86. The van der Waals surface area contributed by atoms with Crippen molar-refractivity contribution in [3.8, 4) is 11.1 Å². The van der Waals surface area contributed by atoms with Gasteiger partial charge in [-0.25, -0.2) is 4.39 Å². The molecule has 2 heterocycles. The number of likely N-dealkylation sites (tertiary alicyclic amines) is 1. The maximum atomic E-state index is 14.1. The van der Waals surface area contributed by atoms with E-state index in [1.54, 1.807) is 30.3 Å². The monoisotopic (exact) mass is 435 g/mol. The zero-order valence-electron chi connectivity index (χ0n) is 18.1. The highest BCUT2D eigenvalue weighted by molar-refractivity contribution is 6.23. The van der Waals surface area contributed by atoms with Crippen molar-refractivity contribution in [2.75, 3.05) is 13.1 Å².